The molecule has 0 amide bonds. The maximum atomic E-state index is 13.5. The Hall–Kier alpha value is -2.26. The third-order valence-corrected chi connectivity index (χ3v) is 4.84. The molecular formula is C16H14F3NO4S. The van der Waals surface area contributed by atoms with Crippen molar-refractivity contribution in [1.29, 1.82) is 0 Å². The van der Waals surface area contributed by atoms with Crippen LogP contribution in [0.4, 0.5) is 18.9 Å². The van der Waals surface area contributed by atoms with E-state index in [0.717, 1.165) is 12.1 Å². The predicted molar refractivity (Wildman–Crippen MR) is 83.9 cm³/mol. The lowest BCUT2D eigenvalue weighted by Crippen LogP contribution is -2.20. The van der Waals surface area contributed by atoms with Gasteiger partial charge in [-0.25, -0.2) is 8.42 Å². The molecule has 1 N–H and O–H groups in total. The fourth-order valence-corrected chi connectivity index (χ4v) is 3.50. The third kappa shape index (κ3) is 4.23. The van der Waals surface area contributed by atoms with Gasteiger partial charge in [-0.05, 0) is 24.3 Å². The smallest absolute Gasteiger partial charge is 0.421 e. The lowest BCUT2D eigenvalue weighted by atomic mass is 10.2. The van der Waals surface area contributed by atoms with Gasteiger partial charge in [-0.3, -0.25) is 4.72 Å². The van der Waals surface area contributed by atoms with Crippen molar-refractivity contribution >= 4 is 15.7 Å². The summed E-state index contributed by atoms with van der Waals surface area (Å²) in [4.78, 5) is -0.891. The van der Waals surface area contributed by atoms with E-state index in [1.807, 2.05) is 0 Å². The molecule has 1 atom stereocenters. The van der Waals surface area contributed by atoms with E-state index in [0.29, 0.717) is 6.61 Å². The zero-order valence-corrected chi connectivity index (χ0v) is 13.6. The highest BCUT2D eigenvalue weighted by molar-refractivity contribution is 7.92. The average Bonchev–Trinajstić information content (AvgIpc) is 3.36. The highest BCUT2D eigenvalue weighted by atomic mass is 32.2. The minimum atomic E-state index is -4.90. The molecule has 1 heterocycles. The van der Waals surface area contributed by atoms with Crippen LogP contribution in [0, 0.1) is 0 Å². The third-order valence-electron chi connectivity index (χ3n) is 3.41. The second-order valence-electron chi connectivity index (χ2n) is 5.36. The Labute approximate surface area is 142 Å². The monoisotopic (exact) mass is 373 g/mol. The summed E-state index contributed by atoms with van der Waals surface area (Å²) in [6.45, 7) is 0.341. The van der Waals surface area contributed by atoms with Crippen molar-refractivity contribution in [2.45, 2.75) is 17.2 Å². The van der Waals surface area contributed by atoms with E-state index in [4.69, 9.17) is 9.47 Å². The van der Waals surface area contributed by atoms with Crippen LogP contribution in [0.15, 0.2) is 53.4 Å². The number of sulfonamides is 1. The van der Waals surface area contributed by atoms with Gasteiger partial charge in [-0.2, -0.15) is 13.2 Å². The second kappa shape index (κ2) is 6.57. The molecule has 1 saturated heterocycles. The van der Waals surface area contributed by atoms with E-state index >= 15 is 0 Å². The number of nitrogens with one attached hydrogen (secondary N) is 1. The first-order valence-electron chi connectivity index (χ1n) is 7.30. The molecule has 9 heteroatoms. The zero-order chi connectivity index (χ0) is 18.1. The Bertz CT molecular complexity index is 849. The summed E-state index contributed by atoms with van der Waals surface area (Å²) in [5.41, 5.74) is -1.17. The lowest BCUT2D eigenvalue weighted by Gasteiger charge is -2.18. The standard InChI is InChI=1S/C16H14F3NO4S/c17-16(18,19)15-13(24-10-12-9-23-12)7-4-8-14(15)25(21,22)20-11-5-2-1-3-6-11/h1-8,12,20H,9-10H2. The highest BCUT2D eigenvalue weighted by Gasteiger charge is 2.41. The van der Waals surface area contributed by atoms with E-state index in [-0.39, 0.29) is 18.4 Å². The van der Waals surface area contributed by atoms with Crippen LogP contribution < -0.4 is 9.46 Å². The Morgan fingerprint density at radius 1 is 1.12 bits per heavy atom. The molecule has 3 rings (SSSR count). The molecule has 0 bridgehead atoms. The topological polar surface area (TPSA) is 67.9 Å². The van der Waals surface area contributed by atoms with Crippen LogP contribution in [0.3, 0.4) is 0 Å². The van der Waals surface area contributed by atoms with E-state index < -0.39 is 32.4 Å². The minimum absolute atomic E-state index is 0.0707. The predicted octanol–water partition coefficient (Wildman–Crippen LogP) is 3.28. The summed E-state index contributed by atoms with van der Waals surface area (Å²) < 4.78 is 77.7. The van der Waals surface area contributed by atoms with E-state index in [9.17, 15) is 21.6 Å². The van der Waals surface area contributed by atoms with Gasteiger partial charge in [0.1, 0.15) is 28.9 Å². The van der Waals surface area contributed by atoms with Crippen molar-refractivity contribution in [3.8, 4) is 5.75 Å². The van der Waals surface area contributed by atoms with E-state index in [1.165, 1.54) is 18.2 Å². The number of hydrogen-bond donors (Lipinski definition) is 1. The number of rotatable bonds is 6. The number of halogens is 3. The Balaban J connectivity index is 2.00. The number of benzene rings is 2. The molecule has 2 aromatic rings. The Morgan fingerprint density at radius 2 is 1.80 bits per heavy atom. The fraction of sp³-hybridized carbons (Fsp3) is 0.250. The summed E-state index contributed by atoms with van der Waals surface area (Å²) in [7, 11) is -4.45. The van der Waals surface area contributed by atoms with Gasteiger partial charge in [-0.15, -0.1) is 0 Å². The summed E-state index contributed by atoms with van der Waals surface area (Å²) in [5.74, 6) is -0.543. The summed E-state index contributed by atoms with van der Waals surface area (Å²) in [5, 5.41) is 0. The Morgan fingerprint density at radius 3 is 2.40 bits per heavy atom. The largest absolute Gasteiger partial charge is 0.490 e. The van der Waals surface area contributed by atoms with Crippen LogP contribution in [-0.2, 0) is 20.9 Å². The molecule has 134 valence electrons. The van der Waals surface area contributed by atoms with Crippen molar-refractivity contribution in [1.82, 2.24) is 0 Å². The molecule has 1 fully saturated rings. The molecule has 1 unspecified atom stereocenters. The molecule has 2 aromatic carbocycles. The van der Waals surface area contributed by atoms with Crippen molar-refractivity contribution in [2.75, 3.05) is 17.9 Å². The number of epoxide rings is 1. The van der Waals surface area contributed by atoms with Crippen molar-refractivity contribution in [3.05, 3.63) is 54.1 Å². The molecule has 1 aliphatic rings. The molecule has 0 saturated carbocycles. The van der Waals surface area contributed by atoms with Gasteiger partial charge in [0.25, 0.3) is 10.0 Å². The Kier molecular flexibility index (Phi) is 4.61. The number of ether oxygens (including phenoxy) is 2. The second-order valence-corrected chi connectivity index (χ2v) is 7.02. The number of para-hydroxylation sites is 1. The maximum absolute atomic E-state index is 13.5. The fourth-order valence-electron chi connectivity index (χ4n) is 2.20. The molecular weight excluding hydrogens is 359 g/mol. The van der Waals surface area contributed by atoms with Crippen LogP contribution in [0.5, 0.6) is 5.75 Å². The van der Waals surface area contributed by atoms with Crippen molar-refractivity contribution < 1.29 is 31.1 Å². The van der Waals surface area contributed by atoms with Gasteiger partial charge in [0.15, 0.2) is 0 Å². The average molecular weight is 373 g/mol. The molecule has 0 aliphatic carbocycles. The quantitative estimate of drug-likeness (QED) is 0.789. The number of alkyl halides is 3. The van der Waals surface area contributed by atoms with E-state index in [1.54, 1.807) is 18.2 Å². The van der Waals surface area contributed by atoms with Crippen LogP contribution in [0.25, 0.3) is 0 Å². The summed E-state index contributed by atoms with van der Waals surface area (Å²) in [6, 6.07) is 10.9. The first-order valence-corrected chi connectivity index (χ1v) is 8.78. The number of hydrogen-bond acceptors (Lipinski definition) is 4. The van der Waals surface area contributed by atoms with Gasteiger partial charge in [0.2, 0.25) is 0 Å². The van der Waals surface area contributed by atoms with Crippen LogP contribution in [0.2, 0.25) is 0 Å². The molecule has 25 heavy (non-hydrogen) atoms. The minimum Gasteiger partial charge on any atom is -0.490 e. The molecule has 0 radical (unpaired) electrons. The first kappa shape index (κ1) is 17.6. The van der Waals surface area contributed by atoms with E-state index in [2.05, 4.69) is 4.72 Å². The van der Waals surface area contributed by atoms with Gasteiger partial charge >= 0.3 is 6.18 Å². The zero-order valence-electron chi connectivity index (χ0n) is 12.8. The van der Waals surface area contributed by atoms with Gasteiger partial charge < -0.3 is 9.47 Å². The van der Waals surface area contributed by atoms with Crippen LogP contribution in [-0.4, -0.2) is 27.7 Å². The van der Waals surface area contributed by atoms with Gasteiger partial charge in [-0.1, -0.05) is 24.3 Å². The van der Waals surface area contributed by atoms with Gasteiger partial charge in [0.05, 0.1) is 6.61 Å². The highest BCUT2D eigenvalue weighted by Crippen LogP contribution is 2.41. The van der Waals surface area contributed by atoms with Gasteiger partial charge in [0, 0.05) is 5.69 Å². The van der Waals surface area contributed by atoms with Crippen LogP contribution in [0.1, 0.15) is 5.56 Å². The summed E-state index contributed by atoms with van der Waals surface area (Å²) in [6.07, 6.45) is -5.16. The maximum Gasteiger partial charge on any atom is 0.421 e. The molecule has 0 spiro atoms. The van der Waals surface area contributed by atoms with Crippen molar-refractivity contribution in [3.63, 3.8) is 0 Å². The molecule has 0 aromatic heterocycles. The molecule has 1 aliphatic heterocycles. The normalized spacial score (nSPS) is 17.2. The SMILES string of the molecule is O=S(=O)(Nc1ccccc1)c1cccc(OCC2CO2)c1C(F)(F)F. The van der Waals surface area contributed by atoms with Crippen LogP contribution >= 0.6 is 0 Å². The summed E-state index contributed by atoms with van der Waals surface area (Å²) >= 11 is 0. The number of anilines is 1. The first-order chi connectivity index (χ1) is 11.8. The lowest BCUT2D eigenvalue weighted by molar-refractivity contribution is -0.141. The molecule has 5 nitrogen and oxygen atoms in total. The van der Waals surface area contributed by atoms with Crippen molar-refractivity contribution in [2.24, 2.45) is 0 Å².